The van der Waals surface area contributed by atoms with Crippen molar-refractivity contribution < 1.29 is 33.5 Å². The molecule has 0 bridgehead atoms. The van der Waals surface area contributed by atoms with Crippen LogP contribution in [0.25, 0.3) is 11.3 Å². The summed E-state index contributed by atoms with van der Waals surface area (Å²) in [6, 6.07) is 25.2. The van der Waals surface area contributed by atoms with E-state index in [0.717, 1.165) is 16.8 Å². The van der Waals surface area contributed by atoms with Gasteiger partial charge in [-0.25, -0.2) is 8.42 Å². The van der Waals surface area contributed by atoms with Gasteiger partial charge in [0.15, 0.2) is 0 Å². The van der Waals surface area contributed by atoms with Crippen LogP contribution < -0.4 is 4.72 Å². The molecule has 164 valence electrons. The van der Waals surface area contributed by atoms with E-state index in [1.54, 1.807) is 55.0 Å². The quantitative estimate of drug-likeness (QED) is 0.374. The maximum absolute atomic E-state index is 12.6. The minimum atomic E-state index is -3.64. The van der Waals surface area contributed by atoms with Crippen molar-refractivity contribution in [2.45, 2.75) is 11.8 Å². The Labute approximate surface area is 195 Å². The Morgan fingerprint density at radius 2 is 1.35 bits per heavy atom. The molecule has 1 N–H and O–H groups in total. The number of pyridine rings is 2. The zero-order chi connectivity index (χ0) is 20.5. The third kappa shape index (κ3) is 7.69. The van der Waals surface area contributed by atoms with Crippen LogP contribution in [0.3, 0.4) is 0 Å². The number of sulfonamides is 1. The molecule has 4 aromatic rings. The van der Waals surface area contributed by atoms with Crippen LogP contribution in [-0.2, 0) is 30.4 Å². The van der Waals surface area contributed by atoms with E-state index < -0.39 is 10.0 Å². The minimum absolute atomic E-state index is 0. The minimum Gasteiger partial charge on any atom is -0.279 e. The van der Waals surface area contributed by atoms with Gasteiger partial charge in [-0.3, -0.25) is 19.4 Å². The van der Waals surface area contributed by atoms with E-state index in [4.69, 9.17) is 0 Å². The van der Waals surface area contributed by atoms with Crippen molar-refractivity contribution in [3.8, 4) is 11.3 Å². The van der Waals surface area contributed by atoms with Crippen LogP contribution in [-0.4, -0.2) is 18.4 Å². The van der Waals surface area contributed by atoms with Gasteiger partial charge < -0.3 is 0 Å². The molecular formula is C23H22FN3O2PdS. The van der Waals surface area contributed by atoms with Crippen LogP contribution in [0.15, 0.2) is 108 Å². The van der Waals surface area contributed by atoms with Gasteiger partial charge >= 0.3 is 0 Å². The maximum atomic E-state index is 12.6. The molecule has 0 radical (unpaired) electrons. The zero-order valence-corrected chi connectivity index (χ0v) is 19.0. The fraction of sp³-hybridized carbons (Fsp3) is 0.0435. The second kappa shape index (κ2) is 12.7. The predicted octanol–water partition coefficient (Wildman–Crippen LogP) is 5.09. The number of hydrogen-bond acceptors (Lipinski definition) is 4. The second-order valence-corrected chi connectivity index (χ2v) is 7.89. The fourth-order valence-corrected chi connectivity index (χ4v) is 3.63. The van der Waals surface area contributed by atoms with Crippen LogP contribution >= 0.6 is 0 Å². The summed E-state index contributed by atoms with van der Waals surface area (Å²) in [7, 11) is -3.64. The number of benzene rings is 2. The SMILES string of the molecule is Cc1ccc(S(=O)(=O)Nc2ccccc2-c2ccccn2)cc1.F.[Pd].c1ccncc1. The molecule has 0 aliphatic heterocycles. The van der Waals surface area contributed by atoms with E-state index in [1.165, 1.54) is 0 Å². The second-order valence-electron chi connectivity index (χ2n) is 6.20. The van der Waals surface area contributed by atoms with E-state index in [9.17, 15) is 8.42 Å². The standard InChI is InChI=1S/C18H16N2O2S.C5H5N.FH.Pd/c1-14-9-11-15(12-10-14)23(21,22)20-18-8-3-2-6-16(18)17-7-4-5-13-19-17;1-2-4-6-5-3-1;;/h2-13,20H,1H3;1-5H;1H;. The first-order valence-corrected chi connectivity index (χ1v) is 10.5. The average Bonchev–Trinajstić information content (AvgIpc) is 2.76. The van der Waals surface area contributed by atoms with Gasteiger partial charge in [-0.2, -0.15) is 0 Å². The first-order valence-electron chi connectivity index (χ1n) is 9.01. The molecule has 31 heavy (non-hydrogen) atoms. The third-order valence-corrected chi connectivity index (χ3v) is 5.39. The van der Waals surface area contributed by atoms with Gasteiger partial charge in [0.25, 0.3) is 10.0 Å². The van der Waals surface area contributed by atoms with Crippen molar-refractivity contribution in [1.29, 1.82) is 0 Å². The molecule has 4 rings (SSSR count). The molecule has 0 atom stereocenters. The first kappa shape index (κ1) is 26.1. The van der Waals surface area contributed by atoms with Crippen LogP contribution in [0.5, 0.6) is 0 Å². The first-order chi connectivity index (χ1) is 14.1. The fourth-order valence-electron chi connectivity index (χ4n) is 2.55. The van der Waals surface area contributed by atoms with Crippen molar-refractivity contribution in [3.05, 3.63) is 109 Å². The monoisotopic (exact) mass is 529 g/mol. The molecule has 0 aliphatic carbocycles. The Balaban J connectivity index is 0.000000522. The molecule has 2 heterocycles. The molecule has 0 saturated heterocycles. The van der Waals surface area contributed by atoms with Gasteiger partial charge in [0, 0.05) is 44.6 Å². The topological polar surface area (TPSA) is 72.0 Å². The van der Waals surface area contributed by atoms with Gasteiger partial charge in [0.05, 0.1) is 16.3 Å². The summed E-state index contributed by atoms with van der Waals surface area (Å²) in [6.07, 6.45) is 5.18. The predicted molar refractivity (Wildman–Crippen MR) is 118 cm³/mol. The summed E-state index contributed by atoms with van der Waals surface area (Å²) in [4.78, 5) is 8.31. The molecule has 0 fully saturated rings. The number of aryl methyl sites for hydroxylation is 1. The summed E-state index contributed by atoms with van der Waals surface area (Å²) in [6.45, 7) is 1.92. The van der Waals surface area contributed by atoms with Gasteiger partial charge in [-0.1, -0.05) is 48.0 Å². The molecule has 0 amide bonds. The Kier molecular flexibility index (Phi) is 10.7. The number of rotatable bonds is 4. The summed E-state index contributed by atoms with van der Waals surface area (Å²) in [5.74, 6) is 0. The van der Waals surface area contributed by atoms with Crippen molar-refractivity contribution in [1.82, 2.24) is 9.97 Å². The molecule has 0 unspecified atom stereocenters. The number of para-hydroxylation sites is 1. The zero-order valence-electron chi connectivity index (χ0n) is 16.7. The summed E-state index contributed by atoms with van der Waals surface area (Å²) in [5, 5.41) is 0. The summed E-state index contributed by atoms with van der Waals surface area (Å²) in [5.41, 5.74) is 2.98. The van der Waals surface area contributed by atoms with Gasteiger partial charge in [0.1, 0.15) is 0 Å². The van der Waals surface area contributed by atoms with E-state index in [0.29, 0.717) is 5.69 Å². The van der Waals surface area contributed by atoms with Gasteiger partial charge in [0.2, 0.25) is 0 Å². The molecular weight excluding hydrogens is 508 g/mol. The Hall–Kier alpha value is -2.92. The van der Waals surface area contributed by atoms with Crippen LogP contribution in [0, 0.1) is 6.92 Å². The van der Waals surface area contributed by atoms with Crippen molar-refractivity contribution >= 4 is 15.7 Å². The molecule has 2 aromatic carbocycles. The largest absolute Gasteiger partial charge is 0.279 e. The number of hydrogen-bond donors (Lipinski definition) is 1. The van der Waals surface area contributed by atoms with E-state index >= 15 is 0 Å². The van der Waals surface area contributed by atoms with E-state index in [1.807, 2.05) is 55.5 Å². The Bertz CT molecular complexity index is 1120. The van der Waals surface area contributed by atoms with E-state index in [2.05, 4.69) is 14.7 Å². The summed E-state index contributed by atoms with van der Waals surface area (Å²) < 4.78 is 27.8. The number of halogens is 1. The van der Waals surface area contributed by atoms with Crippen molar-refractivity contribution in [3.63, 3.8) is 0 Å². The average molecular weight is 530 g/mol. The molecule has 0 aliphatic rings. The normalized spacial score (nSPS) is 9.84. The molecule has 0 spiro atoms. The Morgan fingerprint density at radius 3 is 1.90 bits per heavy atom. The molecule has 5 nitrogen and oxygen atoms in total. The van der Waals surface area contributed by atoms with Gasteiger partial charge in [-0.15, -0.1) is 0 Å². The van der Waals surface area contributed by atoms with Gasteiger partial charge in [-0.05, 0) is 49.4 Å². The Morgan fingerprint density at radius 1 is 0.742 bits per heavy atom. The number of aromatic nitrogens is 2. The smallest absolute Gasteiger partial charge is 0.261 e. The van der Waals surface area contributed by atoms with Crippen LogP contribution in [0.2, 0.25) is 0 Å². The molecule has 8 heteroatoms. The number of nitrogens with zero attached hydrogens (tertiary/aromatic N) is 2. The summed E-state index contributed by atoms with van der Waals surface area (Å²) >= 11 is 0. The van der Waals surface area contributed by atoms with E-state index in [-0.39, 0.29) is 30.0 Å². The number of anilines is 1. The maximum Gasteiger partial charge on any atom is 0.261 e. The molecule has 0 saturated carbocycles. The van der Waals surface area contributed by atoms with Crippen LogP contribution in [0.1, 0.15) is 5.56 Å². The molecule has 2 aromatic heterocycles. The van der Waals surface area contributed by atoms with Crippen molar-refractivity contribution in [2.24, 2.45) is 0 Å². The van der Waals surface area contributed by atoms with Crippen LogP contribution in [0.4, 0.5) is 10.4 Å². The van der Waals surface area contributed by atoms with Crippen molar-refractivity contribution in [2.75, 3.05) is 4.72 Å². The number of nitrogens with one attached hydrogen (secondary N) is 1. The third-order valence-electron chi connectivity index (χ3n) is 4.01.